The van der Waals surface area contributed by atoms with E-state index >= 15 is 0 Å². The molecule has 0 saturated heterocycles. The number of aromatic nitrogens is 1. The van der Waals surface area contributed by atoms with Crippen LogP contribution in [0.2, 0.25) is 0 Å². The van der Waals surface area contributed by atoms with Crippen molar-refractivity contribution < 1.29 is 9.15 Å². The van der Waals surface area contributed by atoms with Gasteiger partial charge in [-0.05, 0) is 36.8 Å². The molecule has 0 radical (unpaired) electrons. The molecule has 0 atom stereocenters. The molecule has 0 aliphatic rings. The van der Waals surface area contributed by atoms with E-state index in [1.54, 1.807) is 12.4 Å². The second-order valence-electron chi connectivity index (χ2n) is 4.23. The number of furan rings is 1. The summed E-state index contributed by atoms with van der Waals surface area (Å²) in [6, 6.07) is 11.9. The molecule has 1 aromatic carbocycles. The van der Waals surface area contributed by atoms with Crippen molar-refractivity contribution in [2.75, 3.05) is 0 Å². The maximum Gasteiger partial charge on any atom is 0.146 e. The highest BCUT2D eigenvalue weighted by molar-refractivity contribution is 5.78. The maximum atomic E-state index is 5.73. The van der Waals surface area contributed by atoms with Crippen molar-refractivity contribution in [1.82, 2.24) is 4.98 Å². The van der Waals surface area contributed by atoms with E-state index in [-0.39, 0.29) is 0 Å². The van der Waals surface area contributed by atoms with Crippen molar-refractivity contribution >= 4 is 11.0 Å². The van der Waals surface area contributed by atoms with Gasteiger partial charge < -0.3 is 9.15 Å². The van der Waals surface area contributed by atoms with E-state index < -0.39 is 0 Å². The lowest BCUT2D eigenvalue weighted by Crippen LogP contribution is -1.93. The minimum absolute atomic E-state index is 0.416. The van der Waals surface area contributed by atoms with E-state index in [4.69, 9.17) is 9.15 Å². The van der Waals surface area contributed by atoms with E-state index in [0.29, 0.717) is 6.61 Å². The smallest absolute Gasteiger partial charge is 0.146 e. The predicted octanol–water partition coefficient (Wildman–Crippen LogP) is 3.72. The van der Waals surface area contributed by atoms with Gasteiger partial charge in [0.1, 0.15) is 23.7 Å². The van der Waals surface area contributed by atoms with Gasteiger partial charge in [0.2, 0.25) is 0 Å². The Morgan fingerprint density at radius 2 is 2.17 bits per heavy atom. The summed E-state index contributed by atoms with van der Waals surface area (Å²) in [4.78, 5) is 4.00. The second kappa shape index (κ2) is 4.53. The molecule has 0 spiro atoms. The van der Waals surface area contributed by atoms with Gasteiger partial charge in [-0.25, -0.2) is 0 Å². The molecule has 2 aromatic heterocycles. The molecule has 0 N–H and O–H groups in total. The summed E-state index contributed by atoms with van der Waals surface area (Å²) in [6.45, 7) is 2.47. The van der Waals surface area contributed by atoms with Gasteiger partial charge in [-0.2, -0.15) is 0 Å². The fourth-order valence-electron chi connectivity index (χ4n) is 1.85. The molecular formula is C15H13NO2. The van der Waals surface area contributed by atoms with Gasteiger partial charge in [0, 0.05) is 11.6 Å². The molecule has 0 bridgehead atoms. The molecule has 0 aliphatic carbocycles. The number of hydrogen-bond acceptors (Lipinski definition) is 3. The Kier molecular flexibility index (Phi) is 2.73. The highest BCUT2D eigenvalue weighted by Crippen LogP contribution is 2.21. The van der Waals surface area contributed by atoms with Crippen molar-refractivity contribution in [3.8, 4) is 5.75 Å². The van der Waals surface area contributed by atoms with Crippen LogP contribution in [0.5, 0.6) is 5.75 Å². The van der Waals surface area contributed by atoms with Crippen LogP contribution in [0.15, 0.2) is 53.2 Å². The fourth-order valence-corrected chi connectivity index (χ4v) is 1.85. The lowest BCUT2D eigenvalue weighted by Gasteiger charge is -2.01. The Balaban J connectivity index is 1.79. The summed E-state index contributed by atoms with van der Waals surface area (Å²) in [6.07, 6.45) is 3.41. The van der Waals surface area contributed by atoms with Crippen LogP contribution in [-0.2, 0) is 6.61 Å². The predicted molar refractivity (Wildman–Crippen MR) is 69.5 cm³/mol. The molecule has 3 nitrogen and oxygen atoms in total. The number of ether oxygens (including phenoxy) is 1. The fraction of sp³-hybridized carbons (Fsp3) is 0.133. The summed E-state index contributed by atoms with van der Waals surface area (Å²) in [5.41, 5.74) is 2.09. The largest absolute Gasteiger partial charge is 0.484 e. The van der Waals surface area contributed by atoms with Gasteiger partial charge in [0.25, 0.3) is 0 Å². The number of pyridine rings is 1. The van der Waals surface area contributed by atoms with Crippen molar-refractivity contribution in [3.05, 3.63) is 60.1 Å². The van der Waals surface area contributed by atoms with E-state index in [1.165, 1.54) is 5.56 Å². The minimum Gasteiger partial charge on any atom is -0.484 e. The van der Waals surface area contributed by atoms with Crippen molar-refractivity contribution in [2.24, 2.45) is 0 Å². The number of rotatable bonds is 3. The van der Waals surface area contributed by atoms with Gasteiger partial charge in [-0.15, -0.1) is 0 Å². The van der Waals surface area contributed by atoms with E-state index in [2.05, 4.69) is 17.1 Å². The molecule has 0 amide bonds. The zero-order valence-electron chi connectivity index (χ0n) is 10.1. The van der Waals surface area contributed by atoms with Crippen LogP contribution in [0.4, 0.5) is 0 Å². The first-order valence-electron chi connectivity index (χ1n) is 5.83. The molecule has 0 fully saturated rings. The Morgan fingerprint density at radius 1 is 1.22 bits per heavy atom. The lowest BCUT2D eigenvalue weighted by atomic mass is 10.2. The SMILES string of the molecule is Cc1ccc2cc(COc3cccnc3)oc2c1. The molecule has 3 aromatic rings. The van der Waals surface area contributed by atoms with E-state index in [0.717, 1.165) is 22.5 Å². The minimum atomic E-state index is 0.416. The summed E-state index contributed by atoms with van der Waals surface area (Å²) in [7, 11) is 0. The van der Waals surface area contributed by atoms with Gasteiger partial charge in [0.15, 0.2) is 0 Å². The number of hydrogen-bond donors (Lipinski definition) is 0. The van der Waals surface area contributed by atoms with Gasteiger partial charge >= 0.3 is 0 Å². The van der Waals surface area contributed by atoms with E-state index in [9.17, 15) is 0 Å². The number of benzene rings is 1. The average Bonchev–Trinajstić information content (AvgIpc) is 2.79. The van der Waals surface area contributed by atoms with Crippen molar-refractivity contribution in [1.29, 1.82) is 0 Å². The standard InChI is InChI=1S/C15H13NO2/c1-11-4-5-12-8-14(18-15(12)7-11)10-17-13-3-2-6-16-9-13/h2-9H,10H2,1H3. The van der Waals surface area contributed by atoms with Gasteiger partial charge in [-0.1, -0.05) is 12.1 Å². The van der Waals surface area contributed by atoms with Crippen LogP contribution in [0.3, 0.4) is 0 Å². The number of aryl methyl sites for hydroxylation is 1. The first-order chi connectivity index (χ1) is 8.81. The van der Waals surface area contributed by atoms with E-state index in [1.807, 2.05) is 31.2 Å². The van der Waals surface area contributed by atoms with Crippen LogP contribution in [-0.4, -0.2) is 4.98 Å². The molecule has 3 heteroatoms. The quantitative estimate of drug-likeness (QED) is 0.698. The molecular weight excluding hydrogens is 226 g/mol. The third kappa shape index (κ3) is 2.20. The molecule has 2 heterocycles. The summed E-state index contributed by atoms with van der Waals surface area (Å²) in [5.74, 6) is 1.56. The summed E-state index contributed by atoms with van der Waals surface area (Å²) in [5, 5.41) is 1.10. The first-order valence-corrected chi connectivity index (χ1v) is 5.83. The zero-order valence-corrected chi connectivity index (χ0v) is 10.1. The molecule has 3 rings (SSSR count). The van der Waals surface area contributed by atoms with Gasteiger partial charge in [-0.3, -0.25) is 4.98 Å². The normalized spacial score (nSPS) is 10.7. The summed E-state index contributed by atoms with van der Waals surface area (Å²) >= 11 is 0. The van der Waals surface area contributed by atoms with Crippen LogP contribution in [0.1, 0.15) is 11.3 Å². The third-order valence-corrected chi connectivity index (χ3v) is 2.74. The molecule has 18 heavy (non-hydrogen) atoms. The molecule has 90 valence electrons. The Morgan fingerprint density at radius 3 is 3.00 bits per heavy atom. The van der Waals surface area contributed by atoms with Crippen LogP contribution >= 0.6 is 0 Å². The van der Waals surface area contributed by atoms with Crippen molar-refractivity contribution in [3.63, 3.8) is 0 Å². The Labute approximate surface area is 105 Å². The average molecular weight is 239 g/mol. The highest BCUT2D eigenvalue weighted by atomic mass is 16.5. The second-order valence-corrected chi connectivity index (χ2v) is 4.23. The Hall–Kier alpha value is -2.29. The highest BCUT2D eigenvalue weighted by Gasteiger charge is 2.04. The third-order valence-electron chi connectivity index (χ3n) is 2.74. The van der Waals surface area contributed by atoms with Gasteiger partial charge in [0.05, 0.1) is 6.20 Å². The lowest BCUT2D eigenvalue weighted by molar-refractivity contribution is 0.273. The molecule has 0 aliphatic heterocycles. The molecule has 0 unspecified atom stereocenters. The van der Waals surface area contributed by atoms with Crippen molar-refractivity contribution in [2.45, 2.75) is 13.5 Å². The Bertz CT molecular complexity index is 659. The van der Waals surface area contributed by atoms with Crippen LogP contribution in [0.25, 0.3) is 11.0 Å². The molecule has 0 saturated carbocycles. The summed E-state index contributed by atoms with van der Waals surface area (Å²) < 4.78 is 11.3. The van der Waals surface area contributed by atoms with Crippen LogP contribution < -0.4 is 4.74 Å². The van der Waals surface area contributed by atoms with Crippen LogP contribution in [0, 0.1) is 6.92 Å². The zero-order chi connectivity index (χ0) is 12.4. The number of fused-ring (bicyclic) bond motifs is 1. The first kappa shape index (κ1) is 10.8. The maximum absolute atomic E-state index is 5.73. The topological polar surface area (TPSA) is 35.3 Å². The monoisotopic (exact) mass is 239 g/mol. The number of nitrogens with zero attached hydrogens (tertiary/aromatic N) is 1.